The van der Waals surface area contributed by atoms with Gasteiger partial charge in [0.15, 0.2) is 0 Å². The highest BCUT2D eigenvalue weighted by Gasteiger charge is 2.04. The molecular weight excluding hydrogens is 262 g/mol. The minimum atomic E-state index is 0.786. The molecule has 0 fully saturated rings. The molecule has 2 aromatic rings. The van der Waals surface area contributed by atoms with E-state index in [9.17, 15) is 0 Å². The lowest BCUT2D eigenvalue weighted by Crippen LogP contribution is -2.02. The van der Waals surface area contributed by atoms with Crippen LogP contribution in [-0.4, -0.2) is 17.1 Å². The van der Waals surface area contributed by atoms with Crippen LogP contribution < -0.4 is 10.1 Å². The summed E-state index contributed by atoms with van der Waals surface area (Å²) in [4.78, 5) is 8.58. The average Bonchev–Trinajstić information content (AvgIpc) is 2.56. The number of nitrogens with one attached hydrogen (secondary N) is 1. The fourth-order valence-corrected chi connectivity index (χ4v) is 2.10. The Morgan fingerprint density at radius 1 is 1.14 bits per heavy atom. The summed E-state index contributed by atoms with van der Waals surface area (Å²) < 4.78 is 5.17. The third kappa shape index (κ3) is 3.28. The zero-order valence-corrected chi connectivity index (χ0v) is 11.8. The van der Waals surface area contributed by atoms with Gasteiger partial charge in [0, 0.05) is 17.3 Å². The molecule has 0 saturated carbocycles. The second kappa shape index (κ2) is 6.22. The van der Waals surface area contributed by atoms with Gasteiger partial charge in [-0.3, -0.25) is 0 Å². The van der Waals surface area contributed by atoms with E-state index in [1.165, 1.54) is 0 Å². The lowest BCUT2D eigenvalue weighted by Gasteiger charge is -2.10. The van der Waals surface area contributed by atoms with Crippen LogP contribution in [0.15, 0.2) is 60.6 Å². The number of aromatic nitrogens is 2. The predicted octanol–water partition coefficient (Wildman–Crippen LogP) is 3.61. The number of nitrogens with zero attached hydrogens (tertiary/aromatic N) is 2. The van der Waals surface area contributed by atoms with Crippen LogP contribution >= 0.6 is 0 Å². The van der Waals surface area contributed by atoms with Crippen molar-refractivity contribution < 1.29 is 4.74 Å². The summed E-state index contributed by atoms with van der Waals surface area (Å²) in [6, 6.07) is 9.76. The molecule has 1 heterocycles. The van der Waals surface area contributed by atoms with Crippen molar-refractivity contribution in [3.8, 4) is 17.0 Å². The molecule has 0 saturated heterocycles. The Hall–Kier alpha value is -2.62. The van der Waals surface area contributed by atoms with E-state index in [1.807, 2.05) is 42.5 Å². The first-order chi connectivity index (χ1) is 10.3. The van der Waals surface area contributed by atoms with E-state index in [0.29, 0.717) is 0 Å². The monoisotopic (exact) mass is 278 g/mol. The van der Waals surface area contributed by atoms with E-state index in [-0.39, 0.29) is 0 Å². The van der Waals surface area contributed by atoms with Crippen molar-refractivity contribution in [2.45, 2.75) is 6.42 Å². The number of benzene rings is 1. The second-order valence-corrected chi connectivity index (χ2v) is 4.63. The van der Waals surface area contributed by atoms with Crippen LogP contribution in [0.25, 0.3) is 11.3 Å². The molecule has 0 unspecified atom stereocenters. The van der Waals surface area contributed by atoms with Crippen LogP contribution in [0.3, 0.4) is 0 Å². The van der Waals surface area contributed by atoms with Crippen molar-refractivity contribution in [2.24, 2.45) is 0 Å². The number of rotatable bonds is 4. The third-order valence-electron chi connectivity index (χ3n) is 3.21. The maximum atomic E-state index is 5.17. The Morgan fingerprint density at radius 2 is 2.00 bits per heavy atom. The lowest BCUT2D eigenvalue weighted by molar-refractivity contribution is 0.415. The van der Waals surface area contributed by atoms with Gasteiger partial charge in [0.05, 0.1) is 12.8 Å². The highest BCUT2D eigenvalue weighted by Crippen LogP contribution is 2.22. The minimum absolute atomic E-state index is 0.786. The molecule has 3 rings (SSSR count). The van der Waals surface area contributed by atoms with E-state index in [2.05, 4.69) is 27.8 Å². The van der Waals surface area contributed by atoms with Crippen LogP contribution in [0.5, 0.6) is 5.75 Å². The molecular formula is C17H16N3O. The van der Waals surface area contributed by atoms with E-state index >= 15 is 0 Å². The molecule has 21 heavy (non-hydrogen) atoms. The van der Waals surface area contributed by atoms with Gasteiger partial charge in [0.2, 0.25) is 0 Å². The van der Waals surface area contributed by atoms with Gasteiger partial charge in [-0.1, -0.05) is 12.2 Å². The zero-order chi connectivity index (χ0) is 14.5. The first-order valence-electron chi connectivity index (χ1n) is 6.79. The fourth-order valence-electron chi connectivity index (χ4n) is 2.10. The van der Waals surface area contributed by atoms with E-state index in [0.717, 1.165) is 34.9 Å². The predicted molar refractivity (Wildman–Crippen MR) is 83.8 cm³/mol. The van der Waals surface area contributed by atoms with Crippen molar-refractivity contribution in [3.63, 3.8) is 0 Å². The van der Waals surface area contributed by atoms with Gasteiger partial charge in [-0.25, -0.2) is 9.97 Å². The molecule has 1 aliphatic rings. The zero-order valence-electron chi connectivity index (χ0n) is 11.8. The Labute approximate surface area is 124 Å². The van der Waals surface area contributed by atoms with Crippen LogP contribution in [0, 0.1) is 6.42 Å². The van der Waals surface area contributed by atoms with Crippen molar-refractivity contribution in [1.82, 2.24) is 9.97 Å². The maximum absolute atomic E-state index is 5.17. The molecule has 1 aliphatic carbocycles. The third-order valence-corrected chi connectivity index (χ3v) is 3.21. The van der Waals surface area contributed by atoms with Gasteiger partial charge in [0.1, 0.15) is 17.9 Å². The molecule has 1 aromatic heterocycles. The van der Waals surface area contributed by atoms with Crippen LogP contribution in [-0.2, 0) is 0 Å². The maximum Gasteiger partial charge on any atom is 0.134 e. The van der Waals surface area contributed by atoms with Crippen LogP contribution in [0.4, 0.5) is 5.82 Å². The van der Waals surface area contributed by atoms with Crippen LogP contribution in [0.1, 0.15) is 6.42 Å². The number of ether oxygens (including phenoxy) is 1. The Kier molecular flexibility index (Phi) is 3.96. The quantitative estimate of drug-likeness (QED) is 0.928. The molecule has 1 radical (unpaired) electrons. The average molecular weight is 278 g/mol. The molecule has 1 N–H and O–H groups in total. The van der Waals surface area contributed by atoms with Crippen molar-refractivity contribution in [3.05, 3.63) is 67.0 Å². The first-order valence-corrected chi connectivity index (χ1v) is 6.79. The molecule has 0 amide bonds. The topological polar surface area (TPSA) is 47.0 Å². The highest BCUT2D eigenvalue weighted by molar-refractivity contribution is 5.64. The summed E-state index contributed by atoms with van der Waals surface area (Å²) in [5.41, 5.74) is 2.96. The van der Waals surface area contributed by atoms with Crippen LogP contribution in [0.2, 0.25) is 0 Å². The van der Waals surface area contributed by atoms with E-state index < -0.39 is 0 Å². The van der Waals surface area contributed by atoms with Gasteiger partial charge in [-0.2, -0.15) is 0 Å². The summed E-state index contributed by atoms with van der Waals surface area (Å²) in [6.07, 6.45) is 10.8. The Balaban J connectivity index is 1.81. The minimum Gasteiger partial charge on any atom is -0.497 e. The number of hydrogen-bond donors (Lipinski definition) is 1. The van der Waals surface area contributed by atoms with E-state index in [4.69, 9.17) is 4.74 Å². The molecule has 4 heteroatoms. The normalized spacial score (nSPS) is 13.7. The smallest absolute Gasteiger partial charge is 0.134 e. The molecule has 4 nitrogen and oxygen atoms in total. The Bertz CT molecular complexity index is 675. The molecule has 0 aliphatic heterocycles. The summed E-state index contributed by atoms with van der Waals surface area (Å²) >= 11 is 0. The van der Waals surface area contributed by atoms with Gasteiger partial charge < -0.3 is 10.1 Å². The summed E-state index contributed by atoms with van der Waals surface area (Å²) in [5.74, 6) is 1.62. The number of hydrogen-bond acceptors (Lipinski definition) is 4. The van der Waals surface area contributed by atoms with Crippen molar-refractivity contribution in [1.29, 1.82) is 0 Å². The van der Waals surface area contributed by atoms with Gasteiger partial charge in [-0.05, 0) is 43.2 Å². The van der Waals surface area contributed by atoms with Crippen molar-refractivity contribution in [2.75, 3.05) is 12.4 Å². The van der Waals surface area contributed by atoms with E-state index in [1.54, 1.807) is 13.4 Å². The van der Waals surface area contributed by atoms with Crippen molar-refractivity contribution >= 4 is 5.82 Å². The summed E-state index contributed by atoms with van der Waals surface area (Å²) in [6.45, 7) is 0. The molecule has 0 spiro atoms. The number of anilines is 1. The highest BCUT2D eigenvalue weighted by atomic mass is 16.5. The largest absolute Gasteiger partial charge is 0.497 e. The van der Waals surface area contributed by atoms with Gasteiger partial charge >= 0.3 is 0 Å². The number of methoxy groups -OCH3 is 1. The van der Waals surface area contributed by atoms with Gasteiger partial charge in [0.25, 0.3) is 0 Å². The first kappa shape index (κ1) is 13.4. The standard InChI is InChI=1S/C17H16N3O/c1-21-15-9-7-13(8-10-15)16-11-17(19-12-18-16)20-14-5-3-2-4-6-14/h2-3,5-12H,4H2,1H3,(H,18,19,20). The summed E-state index contributed by atoms with van der Waals surface area (Å²) in [5, 5.41) is 3.29. The van der Waals surface area contributed by atoms with Gasteiger partial charge in [-0.15, -0.1) is 0 Å². The lowest BCUT2D eigenvalue weighted by atomic mass is 10.1. The Morgan fingerprint density at radius 3 is 2.71 bits per heavy atom. The molecule has 0 bridgehead atoms. The molecule has 0 atom stereocenters. The SMILES string of the molecule is COc1ccc(-c2cc(NC3=CC[CH]C=C3)ncn2)cc1. The fraction of sp³-hybridized carbons (Fsp3) is 0.118. The summed E-state index contributed by atoms with van der Waals surface area (Å²) in [7, 11) is 1.66. The second-order valence-electron chi connectivity index (χ2n) is 4.63. The molecule has 1 aromatic carbocycles. The molecule has 105 valence electrons. The number of allylic oxidation sites excluding steroid dienone is 3.